The first kappa shape index (κ1) is 14.6. The van der Waals surface area contributed by atoms with Crippen molar-refractivity contribution in [2.75, 3.05) is 0 Å². The molecule has 0 bridgehead atoms. The zero-order valence-electron chi connectivity index (χ0n) is 10.4. The largest absolute Gasteiger partial charge is 0.480 e. The summed E-state index contributed by atoms with van der Waals surface area (Å²) in [4.78, 5) is 11.0. The summed E-state index contributed by atoms with van der Waals surface area (Å²) >= 11 is 0. The van der Waals surface area contributed by atoms with Gasteiger partial charge in [0.1, 0.15) is 6.04 Å². The summed E-state index contributed by atoms with van der Waals surface area (Å²) in [7, 11) is 0. The second kappa shape index (κ2) is 6.44. The molecule has 0 fully saturated rings. The van der Waals surface area contributed by atoms with Crippen LogP contribution in [-0.2, 0) is 4.79 Å². The number of halogens is 2. The van der Waals surface area contributed by atoms with Gasteiger partial charge in [0.2, 0.25) is 0 Å². The van der Waals surface area contributed by atoms with Crippen molar-refractivity contribution in [1.29, 1.82) is 0 Å². The Bertz CT molecular complexity index is 423. The third-order valence-electron chi connectivity index (χ3n) is 2.77. The monoisotopic (exact) mass is 257 g/mol. The minimum absolute atomic E-state index is 0.136. The fourth-order valence-electron chi connectivity index (χ4n) is 1.81. The Kier molecular flexibility index (Phi) is 5.22. The number of nitrogens with one attached hydrogen (secondary N) is 1. The molecule has 2 N–H and O–H groups in total. The first-order valence-corrected chi connectivity index (χ1v) is 5.90. The first-order valence-electron chi connectivity index (χ1n) is 5.90. The second-order valence-electron chi connectivity index (χ2n) is 4.21. The summed E-state index contributed by atoms with van der Waals surface area (Å²) in [5.41, 5.74) is 0.136. The van der Waals surface area contributed by atoms with Crippen LogP contribution in [0.1, 0.15) is 38.3 Å². The van der Waals surface area contributed by atoms with Crippen LogP contribution >= 0.6 is 0 Å². The van der Waals surface area contributed by atoms with Crippen molar-refractivity contribution in [2.45, 2.75) is 38.8 Å². The number of benzene rings is 1. The summed E-state index contributed by atoms with van der Waals surface area (Å²) in [6, 6.07) is 2.57. The van der Waals surface area contributed by atoms with Gasteiger partial charge in [-0.05, 0) is 19.4 Å². The number of carboxylic acid groups (broad SMARTS) is 1. The Balaban J connectivity index is 2.83. The molecule has 0 spiro atoms. The van der Waals surface area contributed by atoms with Gasteiger partial charge in [-0.2, -0.15) is 0 Å². The Morgan fingerprint density at radius 1 is 1.44 bits per heavy atom. The fraction of sp³-hybridized carbons (Fsp3) is 0.462. The highest BCUT2D eigenvalue weighted by molar-refractivity contribution is 5.73. The minimum Gasteiger partial charge on any atom is -0.480 e. The fourth-order valence-corrected chi connectivity index (χ4v) is 1.81. The SMILES string of the molecule is CCCC(NC(C)c1cccc(F)c1F)C(=O)O. The maximum absolute atomic E-state index is 13.5. The Hall–Kier alpha value is -1.49. The molecule has 18 heavy (non-hydrogen) atoms. The minimum atomic E-state index is -0.986. The normalized spacial score (nSPS) is 14.2. The van der Waals surface area contributed by atoms with Gasteiger partial charge in [-0.15, -0.1) is 0 Å². The lowest BCUT2D eigenvalue weighted by atomic mass is 10.0. The molecule has 1 rings (SSSR count). The van der Waals surface area contributed by atoms with Crippen molar-refractivity contribution in [3.05, 3.63) is 35.4 Å². The highest BCUT2D eigenvalue weighted by atomic mass is 19.2. The molecular formula is C13H17F2NO2. The van der Waals surface area contributed by atoms with Gasteiger partial charge in [-0.1, -0.05) is 25.5 Å². The predicted molar refractivity (Wildman–Crippen MR) is 64.2 cm³/mol. The van der Waals surface area contributed by atoms with E-state index in [0.717, 1.165) is 6.07 Å². The van der Waals surface area contributed by atoms with E-state index in [1.165, 1.54) is 12.1 Å². The molecule has 3 nitrogen and oxygen atoms in total. The third-order valence-corrected chi connectivity index (χ3v) is 2.77. The zero-order valence-corrected chi connectivity index (χ0v) is 10.4. The highest BCUT2D eigenvalue weighted by Gasteiger charge is 2.21. The van der Waals surface area contributed by atoms with Gasteiger partial charge in [0.15, 0.2) is 11.6 Å². The number of carbonyl (C=O) groups is 1. The molecule has 0 saturated carbocycles. The molecule has 0 amide bonds. The van der Waals surface area contributed by atoms with Gasteiger partial charge in [0, 0.05) is 11.6 Å². The number of carboxylic acids is 1. The zero-order chi connectivity index (χ0) is 13.7. The van der Waals surface area contributed by atoms with Crippen LogP contribution in [0.3, 0.4) is 0 Å². The second-order valence-corrected chi connectivity index (χ2v) is 4.21. The van der Waals surface area contributed by atoms with Crippen molar-refractivity contribution in [3.63, 3.8) is 0 Å². The Morgan fingerprint density at radius 2 is 2.11 bits per heavy atom. The maximum Gasteiger partial charge on any atom is 0.320 e. The summed E-state index contributed by atoms with van der Waals surface area (Å²) in [5, 5.41) is 11.8. The molecule has 0 aliphatic rings. The van der Waals surface area contributed by atoms with E-state index in [9.17, 15) is 13.6 Å². The molecule has 2 atom stereocenters. The van der Waals surface area contributed by atoms with E-state index >= 15 is 0 Å². The van der Waals surface area contributed by atoms with Crippen molar-refractivity contribution in [1.82, 2.24) is 5.32 Å². The van der Waals surface area contributed by atoms with Gasteiger partial charge in [0.25, 0.3) is 0 Å². The molecular weight excluding hydrogens is 240 g/mol. The number of rotatable bonds is 6. The quantitative estimate of drug-likeness (QED) is 0.823. The van der Waals surface area contributed by atoms with Crippen LogP contribution < -0.4 is 5.32 Å². The average molecular weight is 257 g/mol. The molecule has 5 heteroatoms. The van der Waals surface area contributed by atoms with Crippen molar-refractivity contribution < 1.29 is 18.7 Å². The number of hydrogen-bond acceptors (Lipinski definition) is 2. The molecule has 1 aromatic carbocycles. The standard InChI is InChI=1S/C13H17F2NO2/c1-3-5-11(13(17)18)16-8(2)9-6-4-7-10(14)12(9)15/h4,6-8,11,16H,3,5H2,1-2H3,(H,17,18). The Labute approximate surface area is 105 Å². The molecule has 1 aromatic rings. The van der Waals surface area contributed by atoms with E-state index in [4.69, 9.17) is 5.11 Å². The topological polar surface area (TPSA) is 49.3 Å². The van der Waals surface area contributed by atoms with Crippen LogP contribution in [0.5, 0.6) is 0 Å². The van der Waals surface area contributed by atoms with E-state index in [1.54, 1.807) is 6.92 Å². The van der Waals surface area contributed by atoms with Crippen LogP contribution in [0.4, 0.5) is 8.78 Å². The van der Waals surface area contributed by atoms with Crippen molar-refractivity contribution >= 4 is 5.97 Å². The first-order chi connectivity index (χ1) is 8.47. The molecule has 100 valence electrons. The number of aliphatic carboxylic acids is 1. The molecule has 0 heterocycles. The summed E-state index contributed by atoms with van der Waals surface area (Å²) in [6.45, 7) is 3.48. The highest BCUT2D eigenvalue weighted by Crippen LogP contribution is 2.19. The lowest BCUT2D eigenvalue weighted by molar-refractivity contribution is -0.139. The summed E-state index contributed by atoms with van der Waals surface area (Å²) in [6.07, 6.45) is 1.14. The van der Waals surface area contributed by atoms with Gasteiger partial charge < -0.3 is 5.11 Å². The van der Waals surface area contributed by atoms with E-state index in [0.29, 0.717) is 12.8 Å². The van der Waals surface area contributed by atoms with Crippen LogP contribution in [-0.4, -0.2) is 17.1 Å². The van der Waals surface area contributed by atoms with E-state index in [2.05, 4.69) is 5.32 Å². The molecule has 0 radical (unpaired) electrons. The maximum atomic E-state index is 13.5. The number of hydrogen-bond donors (Lipinski definition) is 2. The van der Waals surface area contributed by atoms with E-state index < -0.39 is 29.7 Å². The van der Waals surface area contributed by atoms with Crippen LogP contribution in [0.2, 0.25) is 0 Å². The molecule has 2 unspecified atom stereocenters. The smallest absolute Gasteiger partial charge is 0.320 e. The average Bonchev–Trinajstić information content (AvgIpc) is 2.31. The van der Waals surface area contributed by atoms with Crippen LogP contribution in [0, 0.1) is 11.6 Å². The summed E-state index contributed by atoms with van der Waals surface area (Å²) < 4.78 is 26.6. The summed E-state index contributed by atoms with van der Waals surface area (Å²) in [5.74, 6) is -2.85. The van der Waals surface area contributed by atoms with Crippen molar-refractivity contribution in [2.24, 2.45) is 0 Å². The molecule has 0 saturated heterocycles. The van der Waals surface area contributed by atoms with Crippen LogP contribution in [0.15, 0.2) is 18.2 Å². The molecule has 0 aromatic heterocycles. The van der Waals surface area contributed by atoms with Crippen LogP contribution in [0.25, 0.3) is 0 Å². The van der Waals surface area contributed by atoms with Gasteiger partial charge in [-0.3, -0.25) is 10.1 Å². The molecule has 0 aliphatic heterocycles. The van der Waals surface area contributed by atoms with E-state index in [-0.39, 0.29) is 5.56 Å². The lowest BCUT2D eigenvalue weighted by Gasteiger charge is -2.20. The Morgan fingerprint density at radius 3 is 2.67 bits per heavy atom. The van der Waals surface area contributed by atoms with Crippen molar-refractivity contribution in [3.8, 4) is 0 Å². The van der Waals surface area contributed by atoms with Gasteiger partial charge in [-0.25, -0.2) is 8.78 Å². The molecule has 0 aliphatic carbocycles. The predicted octanol–water partition coefficient (Wildman–Crippen LogP) is 2.87. The lowest BCUT2D eigenvalue weighted by Crippen LogP contribution is -2.38. The third kappa shape index (κ3) is 3.50. The van der Waals surface area contributed by atoms with Gasteiger partial charge in [0.05, 0.1) is 0 Å². The van der Waals surface area contributed by atoms with Gasteiger partial charge >= 0.3 is 5.97 Å². The van der Waals surface area contributed by atoms with E-state index in [1.807, 2.05) is 6.92 Å².